The van der Waals surface area contributed by atoms with Crippen LogP contribution in [0.15, 0.2) is 47.6 Å². The van der Waals surface area contributed by atoms with Crippen LogP contribution < -0.4 is 24.8 Å². The molecule has 0 saturated carbocycles. The molecule has 2 aromatic carbocycles. The molecule has 1 unspecified atom stereocenters. The molecule has 3 aromatic rings. The lowest BCUT2D eigenvalue weighted by molar-refractivity contribution is -0.113. The highest BCUT2D eigenvalue weighted by molar-refractivity contribution is 7.99. The Labute approximate surface area is 213 Å². The van der Waals surface area contributed by atoms with Crippen molar-refractivity contribution in [3.05, 3.63) is 53.9 Å². The van der Waals surface area contributed by atoms with E-state index in [2.05, 4.69) is 20.8 Å². The molecular formula is C25H29N5O5S. The first-order chi connectivity index (χ1) is 17.4. The minimum absolute atomic E-state index is 0.0478. The molecule has 36 heavy (non-hydrogen) atoms. The lowest BCUT2D eigenvalue weighted by Crippen LogP contribution is -2.33. The fourth-order valence-electron chi connectivity index (χ4n) is 3.64. The third-order valence-electron chi connectivity index (χ3n) is 5.52. The fourth-order valence-corrected chi connectivity index (χ4v) is 4.36. The summed E-state index contributed by atoms with van der Waals surface area (Å²) < 4.78 is 17.9. The Bertz CT molecular complexity index is 1230. The van der Waals surface area contributed by atoms with E-state index in [1.807, 2.05) is 40.0 Å². The van der Waals surface area contributed by atoms with Crippen LogP contribution in [0.3, 0.4) is 0 Å². The monoisotopic (exact) mass is 511 g/mol. The van der Waals surface area contributed by atoms with E-state index in [-0.39, 0.29) is 36.3 Å². The largest absolute Gasteiger partial charge is 0.494 e. The Hall–Kier alpha value is -3.73. The maximum Gasteiger partial charge on any atom is 0.252 e. The molecule has 1 aliphatic rings. The summed E-state index contributed by atoms with van der Waals surface area (Å²) in [6.07, 6.45) is 0. The highest BCUT2D eigenvalue weighted by Gasteiger charge is 2.26. The standard InChI is InChI=1S/C25H29N5O5S/c1-5-33-18-9-7-17(8-10-18)26-21(31)13-36-25-29-28-23(30(25)4)22(15(2)3)27-24(32)16-6-11-19-20(12-16)35-14-34-19/h6-12,15,22H,5,13-14H2,1-4H3,(H,26,31)(H,27,32). The normalized spacial score (nSPS) is 12.9. The average Bonchev–Trinajstić information content (AvgIpc) is 3.48. The van der Waals surface area contributed by atoms with Gasteiger partial charge in [0.05, 0.1) is 18.4 Å². The third kappa shape index (κ3) is 5.91. The van der Waals surface area contributed by atoms with Crippen molar-refractivity contribution >= 4 is 29.3 Å². The Kier molecular flexibility index (Phi) is 7.99. The first-order valence-corrected chi connectivity index (χ1v) is 12.6. The number of anilines is 1. The summed E-state index contributed by atoms with van der Waals surface area (Å²) in [7, 11) is 1.82. The molecular weight excluding hydrogens is 482 g/mol. The maximum atomic E-state index is 13.0. The SMILES string of the molecule is CCOc1ccc(NC(=O)CSc2nnc(C(NC(=O)c3ccc4c(c3)OCO4)C(C)C)n2C)cc1. The summed E-state index contributed by atoms with van der Waals surface area (Å²) in [6.45, 7) is 6.64. The van der Waals surface area contributed by atoms with E-state index in [1.54, 1.807) is 34.9 Å². The molecule has 4 rings (SSSR count). The number of hydrogen-bond donors (Lipinski definition) is 2. The van der Waals surface area contributed by atoms with Crippen LogP contribution in [0.4, 0.5) is 5.69 Å². The molecule has 0 spiro atoms. The van der Waals surface area contributed by atoms with E-state index in [0.29, 0.717) is 40.3 Å². The molecule has 1 aromatic heterocycles. The van der Waals surface area contributed by atoms with E-state index < -0.39 is 0 Å². The van der Waals surface area contributed by atoms with Crippen LogP contribution >= 0.6 is 11.8 Å². The third-order valence-corrected chi connectivity index (χ3v) is 6.54. The number of aromatic nitrogens is 3. The van der Waals surface area contributed by atoms with Gasteiger partial charge in [-0.3, -0.25) is 9.59 Å². The first kappa shape index (κ1) is 25.4. The van der Waals surface area contributed by atoms with Gasteiger partial charge in [-0.15, -0.1) is 10.2 Å². The van der Waals surface area contributed by atoms with Crippen LogP contribution in [0.2, 0.25) is 0 Å². The summed E-state index contributed by atoms with van der Waals surface area (Å²) in [6, 6.07) is 11.9. The van der Waals surface area contributed by atoms with Gasteiger partial charge in [0.1, 0.15) is 5.75 Å². The molecule has 1 aliphatic heterocycles. The van der Waals surface area contributed by atoms with Crippen molar-refractivity contribution in [2.45, 2.75) is 32.0 Å². The number of hydrogen-bond acceptors (Lipinski definition) is 8. The second-order valence-corrected chi connectivity index (χ2v) is 9.40. The molecule has 1 atom stereocenters. The van der Waals surface area contributed by atoms with E-state index in [0.717, 1.165) is 5.75 Å². The number of nitrogens with one attached hydrogen (secondary N) is 2. The number of carbonyl (C=O) groups excluding carboxylic acids is 2. The van der Waals surface area contributed by atoms with Crippen LogP contribution in [0, 0.1) is 5.92 Å². The van der Waals surface area contributed by atoms with Crippen molar-refractivity contribution in [1.82, 2.24) is 20.1 Å². The van der Waals surface area contributed by atoms with Crippen molar-refractivity contribution in [2.24, 2.45) is 13.0 Å². The second kappa shape index (κ2) is 11.3. The van der Waals surface area contributed by atoms with Crippen molar-refractivity contribution in [3.63, 3.8) is 0 Å². The predicted molar refractivity (Wildman–Crippen MR) is 136 cm³/mol. The van der Waals surface area contributed by atoms with Crippen LogP contribution in [0.5, 0.6) is 17.2 Å². The van der Waals surface area contributed by atoms with Gasteiger partial charge in [-0.25, -0.2) is 0 Å². The molecule has 11 heteroatoms. The Balaban J connectivity index is 1.37. The van der Waals surface area contributed by atoms with Crippen molar-refractivity contribution in [3.8, 4) is 17.2 Å². The van der Waals surface area contributed by atoms with Gasteiger partial charge in [0.25, 0.3) is 5.91 Å². The van der Waals surface area contributed by atoms with E-state index >= 15 is 0 Å². The van der Waals surface area contributed by atoms with Crippen LogP contribution in [-0.2, 0) is 11.8 Å². The lowest BCUT2D eigenvalue weighted by Gasteiger charge is -2.21. The van der Waals surface area contributed by atoms with Crippen molar-refractivity contribution in [2.75, 3.05) is 24.5 Å². The fraction of sp³-hybridized carbons (Fsp3) is 0.360. The molecule has 0 aliphatic carbocycles. The van der Waals surface area contributed by atoms with Gasteiger partial charge < -0.3 is 29.4 Å². The minimum atomic E-state index is -0.382. The van der Waals surface area contributed by atoms with E-state index in [4.69, 9.17) is 14.2 Å². The molecule has 0 saturated heterocycles. The van der Waals surface area contributed by atoms with Crippen LogP contribution in [-0.4, -0.2) is 45.7 Å². The zero-order chi connectivity index (χ0) is 25.7. The molecule has 2 amide bonds. The highest BCUT2D eigenvalue weighted by Crippen LogP contribution is 2.33. The van der Waals surface area contributed by atoms with Crippen molar-refractivity contribution < 1.29 is 23.8 Å². The Morgan fingerprint density at radius 1 is 1.11 bits per heavy atom. The van der Waals surface area contributed by atoms with Gasteiger partial charge in [-0.2, -0.15) is 0 Å². The van der Waals surface area contributed by atoms with Gasteiger partial charge in [-0.05, 0) is 55.3 Å². The number of ether oxygens (including phenoxy) is 3. The number of benzene rings is 2. The second-order valence-electron chi connectivity index (χ2n) is 8.46. The zero-order valence-corrected chi connectivity index (χ0v) is 21.4. The lowest BCUT2D eigenvalue weighted by atomic mass is 10.0. The molecule has 0 radical (unpaired) electrons. The maximum absolute atomic E-state index is 13.0. The Morgan fingerprint density at radius 3 is 2.58 bits per heavy atom. The predicted octanol–water partition coefficient (Wildman–Crippen LogP) is 3.80. The summed E-state index contributed by atoms with van der Waals surface area (Å²) in [5, 5.41) is 15.1. The van der Waals surface area contributed by atoms with Gasteiger partial charge in [-0.1, -0.05) is 25.6 Å². The quantitative estimate of drug-likeness (QED) is 0.395. The summed E-state index contributed by atoms with van der Waals surface area (Å²) in [5.41, 5.74) is 1.15. The average molecular weight is 512 g/mol. The van der Waals surface area contributed by atoms with E-state index in [1.165, 1.54) is 11.8 Å². The number of rotatable bonds is 10. The Morgan fingerprint density at radius 2 is 1.86 bits per heavy atom. The highest BCUT2D eigenvalue weighted by atomic mass is 32.2. The molecule has 0 bridgehead atoms. The summed E-state index contributed by atoms with van der Waals surface area (Å²) >= 11 is 1.27. The molecule has 2 N–H and O–H groups in total. The number of fused-ring (bicyclic) bond motifs is 1. The first-order valence-electron chi connectivity index (χ1n) is 11.6. The number of thioether (sulfide) groups is 1. The summed E-state index contributed by atoms with van der Waals surface area (Å²) in [5.74, 6) is 2.32. The van der Waals surface area contributed by atoms with Crippen LogP contribution in [0.25, 0.3) is 0 Å². The smallest absolute Gasteiger partial charge is 0.252 e. The molecule has 10 nitrogen and oxygen atoms in total. The van der Waals surface area contributed by atoms with Gasteiger partial charge in [0.2, 0.25) is 12.7 Å². The number of amides is 2. The molecule has 0 fully saturated rings. The number of carbonyl (C=O) groups is 2. The van der Waals surface area contributed by atoms with Crippen molar-refractivity contribution in [1.29, 1.82) is 0 Å². The molecule has 190 valence electrons. The molecule has 2 heterocycles. The van der Waals surface area contributed by atoms with Gasteiger partial charge >= 0.3 is 0 Å². The number of nitrogens with zero attached hydrogens (tertiary/aromatic N) is 3. The minimum Gasteiger partial charge on any atom is -0.494 e. The van der Waals surface area contributed by atoms with Gasteiger partial charge in [0, 0.05) is 18.3 Å². The zero-order valence-electron chi connectivity index (χ0n) is 20.6. The van der Waals surface area contributed by atoms with Gasteiger partial charge in [0.15, 0.2) is 22.5 Å². The van der Waals surface area contributed by atoms with Crippen LogP contribution in [0.1, 0.15) is 43.0 Å². The van der Waals surface area contributed by atoms with E-state index in [9.17, 15) is 9.59 Å². The summed E-state index contributed by atoms with van der Waals surface area (Å²) in [4.78, 5) is 25.4. The topological polar surface area (TPSA) is 117 Å².